The number of rotatable bonds is 2. The highest BCUT2D eigenvalue weighted by atomic mass is 19.3. The van der Waals surface area contributed by atoms with Crippen molar-refractivity contribution in [1.82, 2.24) is 4.90 Å². The van der Waals surface area contributed by atoms with Crippen LogP contribution in [0, 0.1) is 22.7 Å². The molecule has 0 N–H and O–H groups in total. The van der Waals surface area contributed by atoms with Crippen LogP contribution in [0.2, 0.25) is 0 Å². The lowest BCUT2D eigenvalue weighted by molar-refractivity contribution is -0.134. The molecule has 0 aromatic heterocycles. The van der Waals surface area contributed by atoms with Gasteiger partial charge in [-0.25, -0.2) is 8.78 Å². The van der Waals surface area contributed by atoms with Crippen LogP contribution < -0.4 is 0 Å². The first-order chi connectivity index (χ1) is 8.93. The van der Waals surface area contributed by atoms with Crippen LogP contribution in [0.15, 0.2) is 0 Å². The Labute approximate surface area is 121 Å². The predicted octanol–water partition coefficient (Wildman–Crippen LogP) is 4.20. The van der Waals surface area contributed by atoms with Gasteiger partial charge in [-0.2, -0.15) is 0 Å². The molecule has 0 aromatic rings. The van der Waals surface area contributed by atoms with Crippen molar-refractivity contribution in [3.8, 4) is 0 Å². The molecule has 2 unspecified atom stereocenters. The van der Waals surface area contributed by atoms with Gasteiger partial charge in [0.15, 0.2) is 0 Å². The van der Waals surface area contributed by atoms with Crippen molar-refractivity contribution < 1.29 is 13.6 Å². The molecule has 118 valence electrons. The summed E-state index contributed by atoms with van der Waals surface area (Å²) in [5.41, 5.74) is 0.0908. The Bertz CT molecular complexity index is 341. The number of carbonyl (C=O) groups excluding carboxylic acids is 1. The fourth-order valence-electron chi connectivity index (χ4n) is 3.39. The summed E-state index contributed by atoms with van der Waals surface area (Å²) in [4.78, 5) is 13.6. The zero-order valence-corrected chi connectivity index (χ0v) is 13.7. The molecule has 1 rings (SSSR count). The number of likely N-dealkylation sites (tertiary alicyclic amines) is 1. The molecule has 0 aromatic carbocycles. The quantitative estimate of drug-likeness (QED) is 0.746. The van der Waals surface area contributed by atoms with Gasteiger partial charge in [-0.1, -0.05) is 41.5 Å². The van der Waals surface area contributed by atoms with Crippen LogP contribution in [0.1, 0.15) is 54.4 Å². The lowest BCUT2D eigenvalue weighted by Gasteiger charge is -2.42. The highest BCUT2D eigenvalue weighted by molar-refractivity contribution is 5.77. The van der Waals surface area contributed by atoms with Crippen LogP contribution in [0.5, 0.6) is 0 Å². The molecule has 20 heavy (non-hydrogen) atoms. The van der Waals surface area contributed by atoms with Gasteiger partial charge in [-0.3, -0.25) is 4.79 Å². The molecular weight excluding hydrogens is 260 g/mol. The molecule has 0 spiro atoms. The third kappa shape index (κ3) is 4.42. The topological polar surface area (TPSA) is 20.3 Å². The van der Waals surface area contributed by atoms with E-state index in [4.69, 9.17) is 0 Å². The van der Waals surface area contributed by atoms with E-state index in [2.05, 4.69) is 41.5 Å². The van der Waals surface area contributed by atoms with Crippen molar-refractivity contribution in [3.05, 3.63) is 0 Å². The van der Waals surface area contributed by atoms with Gasteiger partial charge >= 0.3 is 0 Å². The summed E-state index contributed by atoms with van der Waals surface area (Å²) in [6.45, 7) is 13.0. The number of nitrogens with zero attached hydrogens (tertiary/aromatic N) is 1. The second-order valence-electron chi connectivity index (χ2n) is 8.17. The second kappa shape index (κ2) is 5.98. The minimum absolute atomic E-state index is 0.00838. The van der Waals surface area contributed by atoms with Crippen LogP contribution in [-0.2, 0) is 4.79 Å². The summed E-state index contributed by atoms with van der Waals surface area (Å²) >= 11 is 0. The van der Waals surface area contributed by atoms with Gasteiger partial charge in [0, 0.05) is 13.0 Å². The van der Waals surface area contributed by atoms with E-state index in [0.29, 0.717) is 18.9 Å². The van der Waals surface area contributed by atoms with Crippen LogP contribution in [-0.4, -0.2) is 30.3 Å². The first-order valence-electron chi connectivity index (χ1n) is 7.49. The predicted molar refractivity (Wildman–Crippen MR) is 77.7 cm³/mol. The van der Waals surface area contributed by atoms with Crippen molar-refractivity contribution >= 4 is 5.91 Å². The van der Waals surface area contributed by atoms with E-state index < -0.39 is 13.0 Å². The maximum atomic E-state index is 12.6. The Hall–Kier alpha value is -0.670. The maximum Gasteiger partial charge on any atom is 0.255 e. The fraction of sp³-hybridized carbons (Fsp3) is 0.938. The molecule has 1 amide bonds. The van der Waals surface area contributed by atoms with Crippen LogP contribution in [0.25, 0.3) is 0 Å². The smallest absolute Gasteiger partial charge is 0.255 e. The summed E-state index contributed by atoms with van der Waals surface area (Å²) < 4.78 is 25.2. The maximum absolute atomic E-state index is 12.6. The molecule has 1 aliphatic heterocycles. The van der Waals surface area contributed by atoms with Gasteiger partial charge in [-0.05, 0) is 29.1 Å². The van der Waals surface area contributed by atoms with Crippen molar-refractivity contribution in [2.75, 3.05) is 13.1 Å². The van der Waals surface area contributed by atoms with Gasteiger partial charge in [-0.15, -0.1) is 0 Å². The molecule has 2 atom stereocenters. The molecule has 1 saturated heterocycles. The number of hydrogen-bond donors (Lipinski definition) is 0. The third-order valence-electron chi connectivity index (χ3n) is 4.53. The SMILES string of the molecule is CC(C)(C)C1CCN(CC(F)F)C(=O)CC1C(C)(C)C. The number of amides is 1. The minimum Gasteiger partial charge on any atom is -0.337 e. The van der Waals surface area contributed by atoms with Crippen LogP contribution in [0.4, 0.5) is 8.78 Å². The Morgan fingerprint density at radius 2 is 1.60 bits per heavy atom. The highest BCUT2D eigenvalue weighted by Crippen LogP contribution is 2.46. The molecule has 1 heterocycles. The average molecular weight is 289 g/mol. The van der Waals surface area contributed by atoms with Crippen LogP contribution >= 0.6 is 0 Å². The zero-order chi connectivity index (χ0) is 15.7. The molecule has 0 aliphatic carbocycles. The summed E-state index contributed by atoms with van der Waals surface area (Å²) in [5, 5.41) is 0. The van der Waals surface area contributed by atoms with E-state index >= 15 is 0 Å². The van der Waals surface area contributed by atoms with Crippen molar-refractivity contribution in [1.29, 1.82) is 0 Å². The summed E-state index contributed by atoms with van der Waals surface area (Å²) in [6.07, 6.45) is -1.25. The van der Waals surface area contributed by atoms with Gasteiger partial charge in [0.25, 0.3) is 6.43 Å². The lowest BCUT2D eigenvalue weighted by atomic mass is 9.62. The molecular formula is C16H29F2NO. The monoisotopic (exact) mass is 289 g/mol. The van der Waals surface area contributed by atoms with Gasteiger partial charge in [0.2, 0.25) is 5.91 Å². The molecule has 4 heteroatoms. The summed E-state index contributed by atoms with van der Waals surface area (Å²) in [6, 6.07) is 0. The van der Waals surface area contributed by atoms with Crippen molar-refractivity contribution in [2.45, 2.75) is 60.8 Å². The standard InChI is InChI=1S/C16H29F2NO/c1-15(2,3)11-7-8-19(10-13(17)18)14(20)9-12(11)16(4,5)6/h11-13H,7-10H2,1-6H3. The summed E-state index contributed by atoms with van der Waals surface area (Å²) in [7, 11) is 0. The Morgan fingerprint density at radius 1 is 1.10 bits per heavy atom. The van der Waals surface area contributed by atoms with E-state index in [1.807, 2.05) is 0 Å². The molecule has 0 bridgehead atoms. The Kier molecular flexibility index (Phi) is 5.20. The third-order valence-corrected chi connectivity index (χ3v) is 4.53. The fourth-order valence-corrected chi connectivity index (χ4v) is 3.39. The first kappa shape index (κ1) is 17.4. The molecule has 0 saturated carbocycles. The zero-order valence-electron chi connectivity index (χ0n) is 13.7. The Morgan fingerprint density at radius 3 is 2.00 bits per heavy atom. The Balaban J connectivity index is 3.00. The highest BCUT2D eigenvalue weighted by Gasteiger charge is 2.42. The molecule has 1 fully saturated rings. The minimum atomic E-state index is -2.45. The van der Waals surface area contributed by atoms with E-state index in [0.717, 1.165) is 6.42 Å². The normalized spacial score (nSPS) is 26.1. The lowest BCUT2D eigenvalue weighted by Crippen LogP contribution is -2.37. The average Bonchev–Trinajstić information content (AvgIpc) is 2.37. The number of carbonyl (C=O) groups is 1. The summed E-state index contributed by atoms with van der Waals surface area (Å²) in [5.74, 6) is 0.490. The number of alkyl halides is 2. The van der Waals surface area contributed by atoms with Crippen molar-refractivity contribution in [3.63, 3.8) is 0 Å². The van der Waals surface area contributed by atoms with E-state index in [1.165, 1.54) is 4.90 Å². The van der Waals surface area contributed by atoms with Crippen LogP contribution in [0.3, 0.4) is 0 Å². The van der Waals surface area contributed by atoms with E-state index in [1.54, 1.807) is 0 Å². The van der Waals surface area contributed by atoms with Crippen molar-refractivity contribution in [2.24, 2.45) is 22.7 Å². The van der Waals surface area contributed by atoms with Gasteiger partial charge < -0.3 is 4.90 Å². The molecule has 0 radical (unpaired) electrons. The van der Waals surface area contributed by atoms with Gasteiger partial charge in [0.05, 0.1) is 6.54 Å². The van der Waals surface area contributed by atoms with E-state index in [-0.39, 0.29) is 22.7 Å². The van der Waals surface area contributed by atoms with Gasteiger partial charge in [0.1, 0.15) is 0 Å². The number of hydrogen-bond acceptors (Lipinski definition) is 1. The number of halogens is 2. The molecule has 2 nitrogen and oxygen atoms in total. The van der Waals surface area contributed by atoms with E-state index in [9.17, 15) is 13.6 Å². The molecule has 1 aliphatic rings. The first-order valence-corrected chi connectivity index (χ1v) is 7.49. The second-order valence-corrected chi connectivity index (χ2v) is 8.17. The largest absolute Gasteiger partial charge is 0.337 e.